The van der Waals surface area contributed by atoms with Crippen LogP contribution in [0.4, 0.5) is 24.0 Å². The molecular weight excluding hydrogens is 293 g/mol. The lowest BCUT2D eigenvalue weighted by molar-refractivity contribution is -0.144. The lowest BCUT2D eigenvalue weighted by atomic mass is 10.3. The molecule has 108 valence electrons. The SMILES string of the molecule is Nc1ccccc1OCCNc1nc(C(F)(F)F)ns1. The summed E-state index contributed by atoms with van der Waals surface area (Å²) in [7, 11) is 0. The molecule has 3 N–H and O–H groups in total. The Morgan fingerprint density at radius 1 is 1.30 bits per heavy atom. The van der Waals surface area contributed by atoms with Gasteiger partial charge in [-0.15, -0.1) is 0 Å². The molecule has 0 fully saturated rings. The standard InChI is InChI=1S/C11H11F3N4OS/c12-11(13,14)9-17-10(20-18-9)16-5-6-19-8-4-2-1-3-7(8)15/h1-4H,5-6,15H2,(H,16,17,18). The number of benzene rings is 1. The fourth-order valence-corrected chi connectivity index (χ4v) is 1.95. The van der Waals surface area contributed by atoms with Gasteiger partial charge in [0.15, 0.2) is 0 Å². The van der Waals surface area contributed by atoms with Crippen molar-refractivity contribution in [1.82, 2.24) is 9.36 Å². The van der Waals surface area contributed by atoms with E-state index in [1.807, 2.05) is 0 Å². The smallest absolute Gasteiger partial charge is 0.452 e. The van der Waals surface area contributed by atoms with Gasteiger partial charge in [0.2, 0.25) is 11.0 Å². The van der Waals surface area contributed by atoms with Gasteiger partial charge in [-0.05, 0) is 12.1 Å². The number of anilines is 2. The molecule has 1 heterocycles. The molecule has 5 nitrogen and oxygen atoms in total. The Labute approximate surface area is 116 Å². The molecule has 20 heavy (non-hydrogen) atoms. The van der Waals surface area contributed by atoms with Crippen molar-refractivity contribution in [2.45, 2.75) is 6.18 Å². The van der Waals surface area contributed by atoms with Crippen LogP contribution in [0.15, 0.2) is 24.3 Å². The van der Waals surface area contributed by atoms with Crippen LogP contribution < -0.4 is 15.8 Å². The third kappa shape index (κ3) is 3.73. The monoisotopic (exact) mass is 304 g/mol. The van der Waals surface area contributed by atoms with Gasteiger partial charge in [-0.2, -0.15) is 22.5 Å². The summed E-state index contributed by atoms with van der Waals surface area (Å²) in [5, 5.41) is 2.80. The minimum absolute atomic E-state index is 0.0990. The van der Waals surface area contributed by atoms with Gasteiger partial charge in [-0.25, -0.2) is 0 Å². The molecule has 1 aromatic carbocycles. The maximum atomic E-state index is 12.3. The molecule has 0 aliphatic heterocycles. The third-order valence-corrected chi connectivity index (χ3v) is 2.91. The van der Waals surface area contributed by atoms with Gasteiger partial charge in [-0.1, -0.05) is 12.1 Å². The minimum Gasteiger partial charge on any atom is -0.490 e. The Bertz CT molecular complexity index is 573. The van der Waals surface area contributed by atoms with Crippen molar-refractivity contribution in [1.29, 1.82) is 0 Å². The average Bonchev–Trinajstić information content (AvgIpc) is 2.85. The van der Waals surface area contributed by atoms with Crippen LogP contribution in [-0.4, -0.2) is 22.5 Å². The van der Waals surface area contributed by atoms with Crippen LogP contribution in [0.1, 0.15) is 5.82 Å². The Morgan fingerprint density at radius 3 is 2.70 bits per heavy atom. The molecule has 2 aromatic rings. The molecule has 9 heteroatoms. The molecule has 0 radical (unpaired) electrons. The number of halogens is 3. The molecule has 0 amide bonds. The summed E-state index contributed by atoms with van der Waals surface area (Å²) in [5.74, 6) is -0.610. The summed E-state index contributed by atoms with van der Waals surface area (Å²) < 4.78 is 45.4. The van der Waals surface area contributed by atoms with Gasteiger partial charge in [0.05, 0.1) is 12.2 Å². The van der Waals surface area contributed by atoms with E-state index in [1.54, 1.807) is 24.3 Å². The topological polar surface area (TPSA) is 73.1 Å². The number of nitrogen functional groups attached to an aromatic ring is 1. The van der Waals surface area contributed by atoms with Crippen molar-refractivity contribution in [3.05, 3.63) is 30.1 Å². The highest BCUT2D eigenvalue weighted by Gasteiger charge is 2.36. The molecule has 0 saturated heterocycles. The Kier molecular flexibility index (Phi) is 4.28. The summed E-state index contributed by atoms with van der Waals surface area (Å²) in [4.78, 5) is 3.33. The van der Waals surface area contributed by atoms with E-state index >= 15 is 0 Å². The van der Waals surface area contributed by atoms with Crippen LogP contribution in [0.5, 0.6) is 5.75 Å². The first-order chi connectivity index (χ1) is 9.47. The number of ether oxygens (including phenoxy) is 1. The normalized spacial score (nSPS) is 11.3. The van der Waals surface area contributed by atoms with Crippen LogP contribution in [-0.2, 0) is 6.18 Å². The van der Waals surface area contributed by atoms with Gasteiger partial charge in [-0.3, -0.25) is 0 Å². The van der Waals surface area contributed by atoms with E-state index < -0.39 is 12.0 Å². The first-order valence-electron chi connectivity index (χ1n) is 5.59. The number of hydrogen-bond acceptors (Lipinski definition) is 6. The largest absolute Gasteiger partial charge is 0.490 e. The Hall–Kier alpha value is -2.03. The number of para-hydroxylation sites is 2. The quantitative estimate of drug-likeness (QED) is 0.656. The number of nitrogens with two attached hydrogens (primary N) is 1. The maximum absolute atomic E-state index is 12.3. The zero-order valence-electron chi connectivity index (χ0n) is 10.1. The van der Waals surface area contributed by atoms with E-state index in [4.69, 9.17) is 10.5 Å². The second-order valence-corrected chi connectivity index (χ2v) is 4.49. The number of nitrogens with zero attached hydrogens (tertiary/aromatic N) is 2. The van der Waals surface area contributed by atoms with E-state index in [0.29, 0.717) is 29.5 Å². The highest BCUT2D eigenvalue weighted by molar-refractivity contribution is 7.09. The van der Waals surface area contributed by atoms with E-state index in [1.165, 1.54) is 0 Å². The van der Waals surface area contributed by atoms with Gasteiger partial charge in [0.25, 0.3) is 0 Å². The number of aromatic nitrogens is 2. The summed E-state index contributed by atoms with van der Waals surface area (Å²) in [6.07, 6.45) is -4.52. The average molecular weight is 304 g/mol. The lowest BCUT2D eigenvalue weighted by Gasteiger charge is -2.08. The van der Waals surface area contributed by atoms with Crippen molar-refractivity contribution in [3.8, 4) is 5.75 Å². The van der Waals surface area contributed by atoms with Crippen molar-refractivity contribution in [3.63, 3.8) is 0 Å². The van der Waals surface area contributed by atoms with Crippen LogP contribution in [0.3, 0.4) is 0 Å². The summed E-state index contributed by atoms with van der Waals surface area (Å²) in [5.41, 5.74) is 6.18. The van der Waals surface area contributed by atoms with Crippen molar-refractivity contribution in [2.75, 3.05) is 24.2 Å². The van der Waals surface area contributed by atoms with E-state index in [-0.39, 0.29) is 11.7 Å². The van der Waals surface area contributed by atoms with Gasteiger partial charge in [0, 0.05) is 11.5 Å². The maximum Gasteiger partial charge on any atom is 0.452 e. The molecular formula is C11H11F3N4OS. The molecule has 0 aliphatic rings. The van der Waals surface area contributed by atoms with Gasteiger partial charge in [0.1, 0.15) is 12.4 Å². The van der Waals surface area contributed by atoms with Crippen molar-refractivity contribution in [2.24, 2.45) is 0 Å². The second kappa shape index (κ2) is 5.95. The molecule has 0 aliphatic carbocycles. The fraction of sp³-hybridized carbons (Fsp3) is 0.273. The molecule has 0 spiro atoms. The van der Waals surface area contributed by atoms with Crippen molar-refractivity contribution < 1.29 is 17.9 Å². The Balaban J connectivity index is 1.79. The van der Waals surface area contributed by atoms with Crippen molar-refractivity contribution >= 4 is 22.4 Å². The first kappa shape index (κ1) is 14.4. The molecule has 2 rings (SSSR count). The first-order valence-corrected chi connectivity index (χ1v) is 6.36. The van der Waals surface area contributed by atoms with Crippen LogP contribution in [0.2, 0.25) is 0 Å². The van der Waals surface area contributed by atoms with E-state index in [2.05, 4.69) is 14.7 Å². The zero-order chi connectivity index (χ0) is 14.6. The van der Waals surface area contributed by atoms with Gasteiger partial charge >= 0.3 is 6.18 Å². The second-order valence-electron chi connectivity index (χ2n) is 3.73. The summed E-state index contributed by atoms with van der Waals surface area (Å²) in [6.45, 7) is 0.538. The third-order valence-electron chi connectivity index (χ3n) is 2.23. The van der Waals surface area contributed by atoms with Crippen LogP contribution >= 0.6 is 11.5 Å². The predicted molar refractivity (Wildman–Crippen MR) is 69.8 cm³/mol. The number of rotatable bonds is 5. The molecule has 0 saturated carbocycles. The highest BCUT2D eigenvalue weighted by Crippen LogP contribution is 2.28. The summed E-state index contributed by atoms with van der Waals surface area (Å²) in [6, 6.07) is 6.96. The van der Waals surface area contributed by atoms with E-state index in [0.717, 1.165) is 0 Å². The number of hydrogen-bond donors (Lipinski definition) is 2. The predicted octanol–water partition coefficient (Wildman–Crippen LogP) is 2.63. The van der Waals surface area contributed by atoms with Crippen LogP contribution in [0.25, 0.3) is 0 Å². The zero-order valence-corrected chi connectivity index (χ0v) is 11.0. The number of nitrogens with one attached hydrogen (secondary N) is 1. The molecule has 1 aromatic heterocycles. The van der Waals surface area contributed by atoms with Crippen LogP contribution in [0, 0.1) is 0 Å². The molecule has 0 unspecified atom stereocenters. The highest BCUT2D eigenvalue weighted by atomic mass is 32.1. The fourth-order valence-electron chi connectivity index (χ4n) is 1.34. The summed E-state index contributed by atoms with van der Waals surface area (Å²) >= 11 is 0.653. The lowest BCUT2D eigenvalue weighted by Crippen LogP contribution is -2.12. The van der Waals surface area contributed by atoms with Gasteiger partial charge < -0.3 is 15.8 Å². The molecule has 0 atom stereocenters. The number of alkyl halides is 3. The Morgan fingerprint density at radius 2 is 2.05 bits per heavy atom. The van der Waals surface area contributed by atoms with E-state index in [9.17, 15) is 13.2 Å². The minimum atomic E-state index is -4.52. The molecule has 0 bridgehead atoms.